The molecule has 1 aromatic heterocycles. The van der Waals surface area contributed by atoms with Crippen LogP contribution >= 0.6 is 34.2 Å². The lowest BCUT2D eigenvalue weighted by Gasteiger charge is -2.06. The Morgan fingerprint density at radius 1 is 1.58 bits per heavy atom. The Morgan fingerprint density at radius 2 is 2.17 bits per heavy atom. The van der Waals surface area contributed by atoms with Gasteiger partial charge in [-0.15, -0.1) is 0 Å². The number of alkyl halides is 2. The van der Waals surface area contributed by atoms with Crippen LogP contribution in [0, 0.1) is 3.57 Å². The maximum Gasteiger partial charge on any atom is 0.267 e. The summed E-state index contributed by atoms with van der Waals surface area (Å²) in [6.07, 6.45) is -1.62. The zero-order chi connectivity index (χ0) is 9.30. The van der Waals surface area contributed by atoms with Gasteiger partial charge in [0.2, 0.25) is 0 Å². The summed E-state index contributed by atoms with van der Waals surface area (Å²) in [7, 11) is 0. The van der Waals surface area contributed by atoms with E-state index in [4.69, 9.17) is 17.3 Å². The number of hydrogen-bond donors (Lipinski definition) is 1. The fourth-order valence-electron chi connectivity index (χ4n) is 0.664. The standard InChI is InChI=1S/C6H4ClF2IN2/c7-5-3(10)4(11)2(1-12-5)6(8)9/h1,6H,(H2,11,12). The highest BCUT2D eigenvalue weighted by Gasteiger charge is 2.15. The third-order valence-electron chi connectivity index (χ3n) is 1.28. The maximum atomic E-state index is 12.2. The molecule has 0 aromatic carbocycles. The Bertz CT molecular complexity index is 306. The average molecular weight is 304 g/mol. The van der Waals surface area contributed by atoms with Crippen LogP contribution in [-0.2, 0) is 0 Å². The highest BCUT2D eigenvalue weighted by atomic mass is 127. The summed E-state index contributed by atoms with van der Waals surface area (Å²) >= 11 is 7.32. The number of hydrogen-bond acceptors (Lipinski definition) is 2. The molecule has 0 aliphatic carbocycles. The van der Waals surface area contributed by atoms with Crippen LogP contribution < -0.4 is 5.73 Å². The van der Waals surface area contributed by atoms with Crippen LogP contribution in [0.15, 0.2) is 6.20 Å². The van der Waals surface area contributed by atoms with Crippen molar-refractivity contribution in [3.8, 4) is 0 Å². The molecular weight excluding hydrogens is 300 g/mol. The maximum absolute atomic E-state index is 12.2. The molecule has 0 radical (unpaired) electrons. The molecule has 0 aliphatic rings. The predicted octanol–water partition coefficient (Wildman–Crippen LogP) is 2.86. The number of nitrogens with zero attached hydrogens (tertiary/aromatic N) is 1. The average Bonchev–Trinajstić information content (AvgIpc) is 2.00. The first-order chi connectivity index (χ1) is 5.54. The van der Waals surface area contributed by atoms with Crippen molar-refractivity contribution in [3.05, 3.63) is 20.5 Å². The molecule has 0 unspecified atom stereocenters. The van der Waals surface area contributed by atoms with Gasteiger partial charge in [0, 0.05) is 6.20 Å². The topological polar surface area (TPSA) is 38.9 Å². The second-order valence-corrected chi connectivity index (χ2v) is 3.47. The zero-order valence-corrected chi connectivity index (χ0v) is 8.60. The minimum atomic E-state index is -2.61. The molecule has 2 nitrogen and oxygen atoms in total. The number of anilines is 1. The fraction of sp³-hybridized carbons (Fsp3) is 0.167. The second-order valence-electron chi connectivity index (χ2n) is 2.03. The Kier molecular flexibility index (Phi) is 3.05. The van der Waals surface area contributed by atoms with Crippen LogP contribution in [0.5, 0.6) is 0 Å². The van der Waals surface area contributed by atoms with E-state index in [1.807, 2.05) is 0 Å². The lowest BCUT2D eigenvalue weighted by atomic mass is 10.2. The molecule has 2 N–H and O–H groups in total. The van der Waals surface area contributed by atoms with Crippen molar-refractivity contribution in [1.29, 1.82) is 0 Å². The third-order valence-corrected chi connectivity index (χ3v) is 2.98. The molecule has 0 saturated carbocycles. The van der Waals surface area contributed by atoms with Crippen molar-refractivity contribution in [2.24, 2.45) is 0 Å². The van der Waals surface area contributed by atoms with Gasteiger partial charge < -0.3 is 5.73 Å². The van der Waals surface area contributed by atoms with Crippen LogP contribution in [0.25, 0.3) is 0 Å². The molecule has 0 aliphatic heterocycles. The molecule has 1 heterocycles. The van der Waals surface area contributed by atoms with Crippen LogP contribution in [0.2, 0.25) is 5.15 Å². The van der Waals surface area contributed by atoms with Gasteiger partial charge in [0.05, 0.1) is 14.8 Å². The lowest BCUT2D eigenvalue weighted by molar-refractivity contribution is 0.152. The van der Waals surface area contributed by atoms with E-state index in [1.54, 1.807) is 22.6 Å². The van der Waals surface area contributed by atoms with Crippen molar-refractivity contribution in [3.63, 3.8) is 0 Å². The predicted molar refractivity (Wildman–Crippen MR) is 51.3 cm³/mol. The van der Waals surface area contributed by atoms with E-state index < -0.39 is 6.43 Å². The van der Waals surface area contributed by atoms with Gasteiger partial charge in [-0.2, -0.15) is 0 Å². The number of nitrogens with two attached hydrogens (primary N) is 1. The number of aromatic nitrogens is 1. The summed E-state index contributed by atoms with van der Waals surface area (Å²) in [5, 5.41) is 0.150. The van der Waals surface area contributed by atoms with Crippen molar-refractivity contribution >= 4 is 39.9 Å². The minimum absolute atomic E-state index is 0.00519. The highest BCUT2D eigenvalue weighted by molar-refractivity contribution is 14.1. The molecule has 0 spiro atoms. The van der Waals surface area contributed by atoms with Gasteiger partial charge in [-0.05, 0) is 22.6 Å². The van der Waals surface area contributed by atoms with E-state index >= 15 is 0 Å². The smallest absolute Gasteiger partial charge is 0.267 e. The molecular formula is C6H4ClF2IN2. The van der Waals surface area contributed by atoms with Gasteiger partial charge in [0.15, 0.2) is 0 Å². The monoisotopic (exact) mass is 304 g/mol. The first-order valence-electron chi connectivity index (χ1n) is 2.91. The Morgan fingerprint density at radius 3 is 2.67 bits per heavy atom. The fourth-order valence-corrected chi connectivity index (χ4v) is 1.27. The van der Waals surface area contributed by atoms with E-state index in [9.17, 15) is 8.78 Å². The van der Waals surface area contributed by atoms with Gasteiger partial charge in [0.25, 0.3) is 6.43 Å². The molecule has 0 atom stereocenters. The van der Waals surface area contributed by atoms with Crippen molar-refractivity contribution < 1.29 is 8.78 Å². The van der Waals surface area contributed by atoms with Crippen molar-refractivity contribution in [1.82, 2.24) is 4.98 Å². The van der Waals surface area contributed by atoms with Gasteiger partial charge in [-0.1, -0.05) is 11.6 Å². The number of pyridine rings is 1. The highest BCUT2D eigenvalue weighted by Crippen LogP contribution is 2.30. The largest absolute Gasteiger partial charge is 0.397 e. The summed E-state index contributed by atoms with van der Waals surface area (Å²) in [5.41, 5.74) is 5.10. The number of rotatable bonds is 1. The van der Waals surface area contributed by atoms with Crippen LogP contribution in [0.3, 0.4) is 0 Å². The van der Waals surface area contributed by atoms with Gasteiger partial charge in [-0.25, -0.2) is 13.8 Å². The molecule has 0 bridgehead atoms. The summed E-state index contributed by atoms with van der Waals surface area (Å²) in [6.45, 7) is 0. The molecule has 66 valence electrons. The van der Waals surface area contributed by atoms with Crippen LogP contribution in [0.1, 0.15) is 12.0 Å². The van der Waals surface area contributed by atoms with E-state index in [-0.39, 0.29) is 16.4 Å². The van der Waals surface area contributed by atoms with Crippen LogP contribution in [0.4, 0.5) is 14.5 Å². The Labute approximate surface area is 86.3 Å². The Balaban J connectivity index is 3.27. The number of nitrogen functional groups attached to an aromatic ring is 1. The van der Waals surface area contributed by atoms with E-state index in [0.29, 0.717) is 3.57 Å². The molecule has 1 rings (SSSR count). The van der Waals surface area contributed by atoms with Gasteiger partial charge >= 0.3 is 0 Å². The zero-order valence-electron chi connectivity index (χ0n) is 5.69. The molecule has 0 amide bonds. The summed E-state index contributed by atoms with van der Waals surface area (Å²) in [5.74, 6) is 0. The van der Waals surface area contributed by atoms with Crippen molar-refractivity contribution in [2.75, 3.05) is 5.73 Å². The lowest BCUT2D eigenvalue weighted by Crippen LogP contribution is -1.99. The van der Waals surface area contributed by atoms with Gasteiger partial charge in [-0.3, -0.25) is 0 Å². The van der Waals surface area contributed by atoms with E-state index in [0.717, 1.165) is 6.20 Å². The first-order valence-corrected chi connectivity index (χ1v) is 4.37. The van der Waals surface area contributed by atoms with E-state index in [1.165, 1.54) is 0 Å². The summed E-state index contributed by atoms with van der Waals surface area (Å²) < 4.78 is 24.7. The molecule has 1 aromatic rings. The number of halogens is 4. The molecule has 12 heavy (non-hydrogen) atoms. The third kappa shape index (κ3) is 1.77. The summed E-state index contributed by atoms with van der Waals surface area (Å²) in [6, 6.07) is 0. The van der Waals surface area contributed by atoms with Gasteiger partial charge in [0.1, 0.15) is 5.15 Å². The SMILES string of the molecule is Nc1c(C(F)F)cnc(Cl)c1I. The Hall–Kier alpha value is -0.170. The second kappa shape index (κ2) is 3.69. The normalized spacial score (nSPS) is 10.8. The quantitative estimate of drug-likeness (QED) is 0.640. The summed E-state index contributed by atoms with van der Waals surface area (Å²) in [4.78, 5) is 3.56. The minimum Gasteiger partial charge on any atom is -0.397 e. The van der Waals surface area contributed by atoms with E-state index in [2.05, 4.69) is 4.98 Å². The van der Waals surface area contributed by atoms with Crippen LogP contribution in [-0.4, -0.2) is 4.98 Å². The first kappa shape index (κ1) is 9.91. The molecule has 0 fully saturated rings. The molecule has 0 saturated heterocycles. The van der Waals surface area contributed by atoms with Crippen molar-refractivity contribution in [2.45, 2.75) is 6.43 Å². The molecule has 6 heteroatoms.